The topological polar surface area (TPSA) is 90.7 Å². The van der Waals surface area contributed by atoms with E-state index in [4.69, 9.17) is 15.2 Å². The van der Waals surface area contributed by atoms with Crippen molar-refractivity contribution in [2.24, 2.45) is 5.92 Å². The number of rotatable bonds is 7. The number of anilines is 1. The molecular weight excluding hydrogens is 292 g/mol. The molecule has 1 aromatic rings. The van der Waals surface area contributed by atoms with Gasteiger partial charge < -0.3 is 15.2 Å². The van der Waals surface area contributed by atoms with Crippen LogP contribution in [0, 0.1) is 5.92 Å². The van der Waals surface area contributed by atoms with Crippen LogP contribution in [0.4, 0.5) is 5.69 Å². The van der Waals surface area contributed by atoms with Crippen molar-refractivity contribution in [1.82, 2.24) is 4.72 Å². The van der Waals surface area contributed by atoms with Gasteiger partial charge in [-0.15, -0.1) is 0 Å². The van der Waals surface area contributed by atoms with Crippen LogP contribution in [-0.2, 0) is 14.8 Å². The fourth-order valence-corrected chi connectivity index (χ4v) is 3.08. The molecule has 0 aliphatic carbocycles. The van der Waals surface area contributed by atoms with Gasteiger partial charge in [0, 0.05) is 19.8 Å². The number of para-hydroxylation sites is 2. The van der Waals surface area contributed by atoms with Crippen LogP contribution in [0.3, 0.4) is 0 Å². The third-order valence-electron chi connectivity index (χ3n) is 3.46. The normalized spacial score (nSPS) is 16.8. The van der Waals surface area contributed by atoms with Crippen LogP contribution in [0.15, 0.2) is 24.3 Å². The van der Waals surface area contributed by atoms with Crippen LogP contribution < -0.4 is 15.2 Å². The third-order valence-corrected chi connectivity index (χ3v) is 4.77. The molecule has 3 N–H and O–H groups in total. The van der Waals surface area contributed by atoms with E-state index in [2.05, 4.69) is 4.72 Å². The van der Waals surface area contributed by atoms with Crippen molar-refractivity contribution in [3.8, 4) is 5.75 Å². The molecule has 0 atom stereocenters. The highest BCUT2D eigenvalue weighted by Gasteiger charge is 2.17. The molecule has 0 bridgehead atoms. The number of benzene rings is 1. The summed E-state index contributed by atoms with van der Waals surface area (Å²) < 4.78 is 37.1. The first-order valence-corrected chi connectivity index (χ1v) is 8.74. The lowest BCUT2D eigenvalue weighted by Gasteiger charge is -2.22. The van der Waals surface area contributed by atoms with E-state index in [1.807, 2.05) is 0 Å². The van der Waals surface area contributed by atoms with E-state index in [1.165, 1.54) is 0 Å². The molecule has 0 amide bonds. The van der Waals surface area contributed by atoms with Gasteiger partial charge in [-0.2, -0.15) is 0 Å². The van der Waals surface area contributed by atoms with Crippen molar-refractivity contribution in [2.75, 3.05) is 37.9 Å². The van der Waals surface area contributed by atoms with Gasteiger partial charge in [0.2, 0.25) is 10.0 Å². The maximum absolute atomic E-state index is 11.9. The second kappa shape index (κ2) is 7.63. The van der Waals surface area contributed by atoms with E-state index in [0.29, 0.717) is 37.1 Å². The minimum Gasteiger partial charge on any atom is -0.490 e. The van der Waals surface area contributed by atoms with Crippen LogP contribution in [0.25, 0.3) is 0 Å². The largest absolute Gasteiger partial charge is 0.490 e. The zero-order valence-electron chi connectivity index (χ0n) is 12.0. The fraction of sp³-hybridized carbons (Fsp3) is 0.571. The summed E-state index contributed by atoms with van der Waals surface area (Å²) >= 11 is 0. The highest BCUT2D eigenvalue weighted by atomic mass is 32.2. The highest BCUT2D eigenvalue weighted by molar-refractivity contribution is 7.89. The lowest BCUT2D eigenvalue weighted by atomic mass is 10.0. The Hall–Kier alpha value is -1.31. The van der Waals surface area contributed by atoms with Crippen molar-refractivity contribution >= 4 is 15.7 Å². The molecule has 118 valence electrons. The third kappa shape index (κ3) is 5.53. The van der Waals surface area contributed by atoms with Crippen LogP contribution in [-0.4, -0.2) is 40.5 Å². The fourth-order valence-electron chi connectivity index (χ4n) is 2.14. The quantitative estimate of drug-likeness (QED) is 0.733. The van der Waals surface area contributed by atoms with Gasteiger partial charge in [-0.3, -0.25) is 0 Å². The van der Waals surface area contributed by atoms with Gasteiger partial charge in [0.25, 0.3) is 0 Å². The Labute approximate surface area is 125 Å². The Kier molecular flexibility index (Phi) is 5.84. The number of sulfonamides is 1. The van der Waals surface area contributed by atoms with Crippen molar-refractivity contribution in [3.63, 3.8) is 0 Å². The summed E-state index contributed by atoms with van der Waals surface area (Å²) in [5.41, 5.74) is 6.23. The molecule has 1 fully saturated rings. The zero-order valence-corrected chi connectivity index (χ0v) is 12.8. The predicted molar refractivity (Wildman–Crippen MR) is 81.7 cm³/mol. The molecule has 0 aromatic heterocycles. The van der Waals surface area contributed by atoms with Gasteiger partial charge in [0.05, 0.1) is 11.4 Å². The van der Waals surface area contributed by atoms with E-state index >= 15 is 0 Å². The van der Waals surface area contributed by atoms with Crippen molar-refractivity contribution < 1.29 is 17.9 Å². The molecule has 0 saturated carbocycles. The van der Waals surface area contributed by atoms with Gasteiger partial charge in [-0.1, -0.05) is 12.1 Å². The van der Waals surface area contributed by atoms with Gasteiger partial charge in [0.1, 0.15) is 12.4 Å². The number of ether oxygens (including phenoxy) is 2. The Morgan fingerprint density at radius 3 is 2.71 bits per heavy atom. The summed E-state index contributed by atoms with van der Waals surface area (Å²) in [4.78, 5) is 0. The molecule has 1 aromatic carbocycles. The summed E-state index contributed by atoms with van der Waals surface area (Å²) in [5.74, 6) is 0.793. The smallest absolute Gasteiger partial charge is 0.214 e. The average Bonchev–Trinajstić information content (AvgIpc) is 2.48. The molecule has 6 nitrogen and oxygen atoms in total. The molecule has 0 unspecified atom stereocenters. The van der Waals surface area contributed by atoms with Gasteiger partial charge in [-0.05, 0) is 30.9 Å². The SMILES string of the molecule is Nc1ccccc1OCCS(=O)(=O)NCC1CCOCC1. The van der Waals surface area contributed by atoms with Crippen molar-refractivity contribution in [2.45, 2.75) is 12.8 Å². The van der Waals surface area contributed by atoms with Crippen LogP contribution in [0.2, 0.25) is 0 Å². The Balaban J connectivity index is 1.72. The maximum atomic E-state index is 11.9. The van der Waals surface area contributed by atoms with E-state index in [0.717, 1.165) is 12.8 Å². The molecule has 2 rings (SSSR count). The number of hydrogen-bond donors (Lipinski definition) is 2. The molecule has 1 aliphatic rings. The summed E-state index contributed by atoms with van der Waals surface area (Å²) in [6.07, 6.45) is 1.80. The molecule has 7 heteroatoms. The van der Waals surface area contributed by atoms with Gasteiger partial charge >= 0.3 is 0 Å². The molecule has 1 heterocycles. The van der Waals surface area contributed by atoms with Crippen molar-refractivity contribution in [1.29, 1.82) is 0 Å². The number of nitrogens with one attached hydrogen (secondary N) is 1. The minimum absolute atomic E-state index is 0.0788. The van der Waals surface area contributed by atoms with Crippen molar-refractivity contribution in [3.05, 3.63) is 24.3 Å². The first kappa shape index (κ1) is 16.1. The second-order valence-electron chi connectivity index (χ2n) is 5.11. The van der Waals surface area contributed by atoms with Crippen LogP contribution in [0.5, 0.6) is 5.75 Å². The molecule has 1 aliphatic heterocycles. The first-order valence-electron chi connectivity index (χ1n) is 7.09. The summed E-state index contributed by atoms with van der Waals surface area (Å²) in [5, 5.41) is 0. The Morgan fingerprint density at radius 1 is 1.29 bits per heavy atom. The number of nitrogen functional groups attached to an aromatic ring is 1. The van der Waals surface area contributed by atoms with Crippen LogP contribution >= 0.6 is 0 Å². The number of nitrogens with two attached hydrogens (primary N) is 1. The average molecular weight is 314 g/mol. The zero-order chi connectivity index (χ0) is 15.1. The lowest BCUT2D eigenvalue weighted by Crippen LogP contribution is -2.35. The summed E-state index contributed by atoms with van der Waals surface area (Å²) in [6.45, 7) is 1.97. The highest BCUT2D eigenvalue weighted by Crippen LogP contribution is 2.19. The Morgan fingerprint density at radius 2 is 2.00 bits per heavy atom. The number of hydrogen-bond acceptors (Lipinski definition) is 5. The van der Waals surface area contributed by atoms with Gasteiger partial charge in [0.15, 0.2) is 0 Å². The predicted octanol–water partition coefficient (Wildman–Crippen LogP) is 0.994. The molecule has 0 spiro atoms. The van der Waals surface area contributed by atoms with E-state index in [-0.39, 0.29) is 12.4 Å². The maximum Gasteiger partial charge on any atom is 0.214 e. The van der Waals surface area contributed by atoms with Gasteiger partial charge in [-0.25, -0.2) is 13.1 Å². The summed E-state index contributed by atoms with van der Waals surface area (Å²) in [7, 11) is -3.32. The van der Waals surface area contributed by atoms with E-state index in [1.54, 1.807) is 24.3 Å². The first-order chi connectivity index (χ1) is 10.1. The Bertz CT molecular complexity index is 542. The second-order valence-corrected chi connectivity index (χ2v) is 7.04. The molecular formula is C14H22N2O4S. The standard InChI is InChI=1S/C14H22N2O4S/c15-13-3-1-2-4-14(13)20-9-10-21(17,18)16-11-12-5-7-19-8-6-12/h1-4,12,16H,5-11,15H2. The molecule has 21 heavy (non-hydrogen) atoms. The van der Waals surface area contributed by atoms with E-state index < -0.39 is 10.0 Å². The van der Waals surface area contributed by atoms with Crippen LogP contribution in [0.1, 0.15) is 12.8 Å². The monoisotopic (exact) mass is 314 g/mol. The molecule has 1 saturated heterocycles. The van der Waals surface area contributed by atoms with E-state index in [9.17, 15) is 8.42 Å². The molecule has 0 radical (unpaired) electrons. The lowest BCUT2D eigenvalue weighted by molar-refractivity contribution is 0.0678. The summed E-state index contributed by atoms with van der Waals surface area (Å²) in [6, 6.07) is 7.03. The minimum atomic E-state index is -3.32.